The Morgan fingerprint density at radius 2 is 1.83 bits per heavy atom. The number of benzene rings is 2. The lowest BCUT2D eigenvalue weighted by Crippen LogP contribution is -2.31. The largest absolute Gasteiger partial charge is 0.268 e. The molecule has 2 aromatic rings. The summed E-state index contributed by atoms with van der Waals surface area (Å²) < 4.78 is 27.7. The molecule has 0 bridgehead atoms. The van der Waals surface area contributed by atoms with Crippen LogP contribution in [0.1, 0.15) is 34.3 Å². The molecule has 0 atom stereocenters. The minimum absolute atomic E-state index is 0.0931. The third kappa shape index (κ3) is 4.05. The van der Waals surface area contributed by atoms with Crippen LogP contribution >= 0.6 is 15.9 Å². The van der Waals surface area contributed by atoms with Gasteiger partial charge >= 0.3 is 0 Å². The third-order valence-corrected chi connectivity index (χ3v) is 6.07. The Bertz CT molecular complexity index is 872. The van der Waals surface area contributed by atoms with Crippen molar-refractivity contribution in [2.75, 3.05) is 0 Å². The van der Waals surface area contributed by atoms with E-state index in [-0.39, 0.29) is 4.90 Å². The molecule has 1 N–H and O–H groups in total. The summed E-state index contributed by atoms with van der Waals surface area (Å²) in [4.78, 5) is 12.4. The van der Waals surface area contributed by atoms with Gasteiger partial charge in [0.2, 0.25) is 0 Å². The minimum Gasteiger partial charge on any atom is -0.268 e. The maximum Gasteiger partial charge on any atom is 0.264 e. The summed E-state index contributed by atoms with van der Waals surface area (Å²) in [7, 11) is -3.91. The fourth-order valence-electron chi connectivity index (χ4n) is 2.55. The number of carbonyl (C=O) groups excluding carboxylic acids is 1. The molecule has 24 heavy (non-hydrogen) atoms. The molecule has 0 radical (unpaired) electrons. The fraction of sp³-hybridized carbons (Fsp3) is 0.278. The maximum atomic E-state index is 12.5. The number of hydrogen-bond acceptors (Lipinski definition) is 3. The number of aryl methyl sites for hydroxylation is 1. The van der Waals surface area contributed by atoms with Crippen LogP contribution in [0, 0.1) is 12.8 Å². The molecule has 1 aliphatic carbocycles. The van der Waals surface area contributed by atoms with Crippen LogP contribution in [-0.4, -0.2) is 14.3 Å². The quantitative estimate of drug-likeness (QED) is 0.818. The zero-order chi connectivity index (χ0) is 17.3. The molecule has 4 nitrogen and oxygen atoms in total. The highest BCUT2D eigenvalue weighted by molar-refractivity contribution is 9.10. The first-order valence-electron chi connectivity index (χ1n) is 7.77. The molecule has 0 unspecified atom stereocenters. The number of nitrogens with one attached hydrogen (secondary N) is 1. The predicted octanol–water partition coefficient (Wildman–Crippen LogP) is 3.83. The molecular weight excluding hydrogens is 390 g/mol. The van der Waals surface area contributed by atoms with E-state index in [9.17, 15) is 13.2 Å². The van der Waals surface area contributed by atoms with E-state index in [2.05, 4.69) is 20.7 Å². The van der Waals surface area contributed by atoms with E-state index in [4.69, 9.17) is 0 Å². The lowest BCUT2D eigenvalue weighted by atomic mass is 10.1. The van der Waals surface area contributed by atoms with E-state index in [1.165, 1.54) is 24.5 Å². The molecule has 1 amide bonds. The molecule has 3 rings (SSSR count). The van der Waals surface area contributed by atoms with Crippen LogP contribution in [0.4, 0.5) is 0 Å². The lowest BCUT2D eigenvalue weighted by molar-refractivity contribution is 0.0981. The number of sulfonamides is 1. The Labute approximate surface area is 150 Å². The van der Waals surface area contributed by atoms with Crippen LogP contribution in [-0.2, 0) is 16.4 Å². The van der Waals surface area contributed by atoms with Gasteiger partial charge in [0.1, 0.15) is 0 Å². The number of rotatable bonds is 5. The van der Waals surface area contributed by atoms with Crippen molar-refractivity contribution in [3.05, 3.63) is 63.6 Å². The number of carbonyl (C=O) groups is 1. The van der Waals surface area contributed by atoms with Gasteiger partial charge < -0.3 is 0 Å². The Hall–Kier alpha value is -1.66. The Kier molecular flexibility index (Phi) is 4.78. The van der Waals surface area contributed by atoms with E-state index >= 15 is 0 Å². The summed E-state index contributed by atoms with van der Waals surface area (Å²) in [6.07, 6.45) is 3.57. The van der Waals surface area contributed by atoms with Gasteiger partial charge in [-0.25, -0.2) is 13.1 Å². The van der Waals surface area contributed by atoms with Gasteiger partial charge in [0, 0.05) is 10.0 Å². The van der Waals surface area contributed by atoms with Gasteiger partial charge in [0.05, 0.1) is 4.90 Å². The first kappa shape index (κ1) is 17.2. The fourth-order valence-corrected chi connectivity index (χ4v) is 4.31. The second kappa shape index (κ2) is 6.69. The number of amides is 1. The second-order valence-corrected chi connectivity index (χ2v) is 8.76. The van der Waals surface area contributed by atoms with Crippen molar-refractivity contribution < 1.29 is 13.2 Å². The molecule has 0 saturated heterocycles. The van der Waals surface area contributed by atoms with E-state index in [1.807, 2.05) is 12.1 Å². The zero-order valence-electron chi connectivity index (χ0n) is 13.3. The van der Waals surface area contributed by atoms with Crippen molar-refractivity contribution in [1.29, 1.82) is 0 Å². The van der Waals surface area contributed by atoms with Gasteiger partial charge in [-0.1, -0.05) is 34.1 Å². The van der Waals surface area contributed by atoms with Crippen LogP contribution in [0.15, 0.2) is 51.8 Å². The van der Waals surface area contributed by atoms with Crippen LogP contribution in [0.3, 0.4) is 0 Å². The molecule has 0 aliphatic heterocycles. The van der Waals surface area contributed by atoms with Gasteiger partial charge in [-0.15, -0.1) is 0 Å². The summed E-state index contributed by atoms with van der Waals surface area (Å²) in [5.74, 6) is 0.150. The maximum absolute atomic E-state index is 12.5. The summed E-state index contributed by atoms with van der Waals surface area (Å²) >= 11 is 3.26. The zero-order valence-corrected chi connectivity index (χ0v) is 15.7. The van der Waals surface area contributed by atoms with Crippen LogP contribution < -0.4 is 4.72 Å². The summed E-state index contributed by atoms with van der Waals surface area (Å²) in [5, 5.41) is 0. The van der Waals surface area contributed by atoms with E-state index in [0.29, 0.717) is 15.6 Å². The average Bonchev–Trinajstić information content (AvgIpc) is 3.34. The van der Waals surface area contributed by atoms with Crippen molar-refractivity contribution in [3.63, 3.8) is 0 Å². The smallest absolute Gasteiger partial charge is 0.264 e. The van der Waals surface area contributed by atoms with Crippen molar-refractivity contribution in [2.24, 2.45) is 5.92 Å². The van der Waals surface area contributed by atoms with Gasteiger partial charge in [0.25, 0.3) is 15.9 Å². The SMILES string of the molecule is Cc1ccc(Br)cc1S(=O)(=O)NC(=O)c1ccc(CC2CC2)cc1. The standard InChI is InChI=1S/C18H18BrNO3S/c1-12-2-9-16(19)11-17(12)24(22,23)20-18(21)15-7-5-14(6-8-15)10-13-3-4-13/h2,5-9,11,13H,3-4,10H2,1H3,(H,20,21). The van der Waals surface area contributed by atoms with Crippen molar-refractivity contribution in [3.8, 4) is 0 Å². The molecule has 2 aromatic carbocycles. The second-order valence-electron chi connectivity index (χ2n) is 6.19. The number of halogens is 1. The van der Waals surface area contributed by atoms with Gasteiger partial charge in [0.15, 0.2) is 0 Å². The summed E-state index contributed by atoms with van der Waals surface area (Å²) in [6.45, 7) is 1.69. The molecule has 0 aromatic heterocycles. The highest BCUT2D eigenvalue weighted by Crippen LogP contribution is 2.32. The molecule has 1 fully saturated rings. The van der Waals surface area contributed by atoms with E-state index in [0.717, 1.165) is 12.3 Å². The molecule has 1 saturated carbocycles. The first-order valence-corrected chi connectivity index (χ1v) is 10.0. The predicted molar refractivity (Wildman–Crippen MR) is 96.4 cm³/mol. The molecule has 0 heterocycles. The van der Waals surface area contributed by atoms with Gasteiger partial charge in [-0.3, -0.25) is 4.79 Å². The highest BCUT2D eigenvalue weighted by Gasteiger charge is 2.23. The van der Waals surface area contributed by atoms with E-state index < -0.39 is 15.9 Å². The molecular formula is C18H18BrNO3S. The summed E-state index contributed by atoms with van der Waals surface area (Å²) in [5.41, 5.74) is 2.10. The molecule has 1 aliphatic rings. The Morgan fingerprint density at radius 1 is 1.17 bits per heavy atom. The van der Waals surface area contributed by atoms with Gasteiger partial charge in [-0.2, -0.15) is 0 Å². The monoisotopic (exact) mass is 407 g/mol. The highest BCUT2D eigenvalue weighted by atomic mass is 79.9. The normalized spacial score (nSPS) is 14.4. The number of hydrogen-bond donors (Lipinski definition) is 1. The van der Waals surface area contributed by atoms with Gasteiger partial charge in [-0.05, 0) is 67.5 Å². The van der Waals surface area contributed by atoms with Crippen LogP contribution in [0.25, 0.3) is 0 Å². The topological polar surface area (TPSA) is 63.2 Å². The Balaban J connectivity index is 1.76. The van der Waals surface area contributed by atoms with E-state index in [1.54, 1.807) is 31.2 Å². The van der Waals surface area contributed by atoms with Crippen molar-refractivity contribution in [2.45, 2.75) is 31.1 Å². The van der Waals surface area contributed by atoms with Crippen molar-refractivity contribution >= 4 is 31.9 Å². The van der Waals surface area contributed by atoms with Crippen molar-refractivity contribution in [1.82, 2.24) is 4.72 Å². The molecule has 126 valence electrons. The lowest BCUT2D eigenvalue weighted by Gasteiger charge is -2.10. The minimum atomic E-state index is -3.91. The molecule has 0 spiro atoms. The van der Waals surface area contributed by atoms with Crippen LogP contribution in [0.5, 0.6) is 0 Å². The summed E-state index contributed by atoms with van der Waals surface area (Å²) in [6, 6.07) is 12.1. The first-order chi connectivity index (χ1) is 11.3. The Morgan fingerprint density at radius 3 is 2.46 bits per heavy atom. The average molecular weight is 408 g/mol. The third-order valence-electron chi connectivity index (χ3n) is 4.10. The molecule has 6 heteroatoms. The van der Waals surface area contributed by atoms with Crippen LogP contribution in [0.2, 0.25) is 0 Å².